The van der Waals surface area contributed by atoms with E-state index in [1.54, 1.807) is 23.3 Å². The monoisotopic (exact) mass is 392 g/mol. The summed E-state index contributed by atoms with van der Waals surface area (Å²) < 4.78 is 1.71. The number of anilines is 1. The minimum absolute atomic E-state index is 0.0565. The molecule has 1 aliphatic rings. The molecule has 3 aromatic rings. The Morgan fingerprint density at radius 3 is 2.69 bits per heavy atom. The molecule has 3 heterocycles. The summed E-state index contributed by atoms with van der Waals surface area (Å²) in [6.07, 6.45) is 6.99. The lowest BCUT2D eigenvalue weighted by atomic mass is 9.79. The SMILES string of the molecule is CC(C)CN1CCC(C)(C(=O)Nc2cc3cc(-n4ccnn4)ccc3cn2)CC1. The average Bonchev–Trinajstić information content (AvgIpc) is 3.24. The van der Waals surface area contributed by atoms with Gasteiger partial charge in [-0.05, 0) is 55.4 Å². The quantitative estimate of drug-likeness (QED) is 0.719. The summed E-state index contributed by atoms with van der Waals surface area (Å²) in [5, 5.41) is 13.0. The number of rotatable bonds is 5. The van der Waals surface area contributed by atoms with E-state index in [1.165, 1.54) is 0 Å². The number of aromatic nitrogens is 4. The van der Waals surface area contributed by atoms with Gasteiger partial charge in [-0.2, -0.15) is 0 Å². The van der Waals surface area contributed by atoms with Crippen molar-refractivity contribution in [2.45, 2.75) is 33.6 Å². The van der Waals surface area contributed by atoms with Crippen molar-refractivity contribution in [2.24, 2.45) is 11.3 Å². The summed E-state index contributed by atoms with van der Waals surface area (Å²) in [6.45, 7) is 9.57. The lowest BCUT2D eigenvalue weighted by Crippen LogP contribution is -2.45. The van der Waals surface area contributed by atoms with Crippen LogP contribution in [0.15, 0.2) is 42.9 Å². The van der Waals surface area contributed by atoms with Gasteiger partial charge in [-0.1, -0.05) is 32.1 Å². The molecule has 7 heteroatoms. The van der Waals surface area contributed by atoms with Crippen LogP contribution in [0.5, 0.6) is 0 Å². The summed E-state index contributed by atoms with van der Waals surface area (Å²) in [5.74, 6) is 1.29. The van der Waals surface area contributed by atoms with Gasteiger partial charge in [-0.3, -0.25) is 4.79 Å². The second-order valence-electron chi connectivity index (χ2n) is 8.66. The Hall–Kier alpha value is -2.80. The second kappa shape index (κ2) is 7.91. The van der Waals surface area contributed by atoms with Crippen molar-refractivity contribution >= 4 is 22.5 Å². The number of pyridine rings is 1. The minimum Gasteiger partial charge on any atom is -0.310 e. The lowest BCUT2D eigenvalue weighted by Gasteiger charge is -2.38. The normalized spacial score (nSPS) is 17.0. The summed E-state index contributed by atoms with van der Waals surface area (Å²) in [5.41, 5.74) is 0.565. The zero-order chi connectivity index (χ0) is 20.4. The van der Waals surface area contributed by atoms with Gasteiger partial charge < -0.3 is 10.2 Å². The van der Waals surface area contributed by atoms with Gasteiger partial charge in [0.15, 0.2) is 0 Å². The molecular formula is C22H28N6O. The number of carbonyl (C=O) groups excluding carboxylic acids is 1. The van der Waals surface area contributed by atoms with Gasteiger partial charge in [0, 0.05) is 23.5 Å². The van der Waals surface area contributed by atoms with Crippen molar-refractivity contribution in [3.63, 3.8) is 0 Å². The first-order chi connectivity index (χ1) is 13.9. The van der Waals surface area contributed by atoms with Crippen molar-refractivity contribution in [3.8, 4) is 5.69 Å². The number of nitrogens with one attached hydrogen (secondary N) is 1. The van der Waals surface area contributed by atoms with Crippen LogP contribution in [0.4, 0.5) is 5.82 Å². The molecule has 0 aliphatic carbocycles. The van der Waals surface area contributed by atoms with E-state index in [9.17, 15) is 4.79 Å². The number of nitrogens with zero attached hydrogens (tertiary/aromatic N) is 5. The Labute approximate surface area is 171 Å². The largest absolute Gasteiger partial charge is 0.310 e. The van der Waals surface area contributed by atoms with E-state index >= 15 is 0 Å². The topological polar surface area (TPSA) is 75.9 Å². The number of benzene rings is 1. The fourth-order valence-electron chi connectivity index (χ4n) is 3.92. The maximum atomic E-state index is 13.0. The van der Waals surface area contributed by atoms with E-state index in [4.69, 9.17) is 0 Å². The smallest absolute Gasteiger partial charge is 0.231 e. The standard InChI is InChI=1S/C22H28N6O/c1-16(2)15-27-9-6-22(3,7-10-27)21(29)25-20-13-18-12-19(28-11-8-24-26-28)5-4-17(18)14-23-20/h4-5,8,11-14,16H,6-7,9-10,15H2,1-3H3,(H,23,25,29). The highest BCUT2D eigenvalue weighted by atomic mass is 16.2. The molecule has 0 atom stereocenters. The zero-order valence-electron chi connectivity index (χ0n) is 17.3. The van der Waals surface area contributed by atoms with Crippen LogP contribution in [0, 0.1) is 11.3 Å². The molecule has 152 valence electrons. The van der Waals surface area contributed by atoms with Gasteiger partial charge in [0.05, 0.1) is 18.1 Å². The Morgan fingerprint density at radius 2 is 2.00 bits per heavy atom. The number of hydrogen-bond acceptors (Lipinski definition) is 5. The van der Waals surface area contributed by atoms with Gasteiger partial charge in [0.2, 0.25) is 5.91 Å². The third-order valence-corrected chi connectivity index (χ3v) is 5.77. The highest BCUT2D eigenvalue weighted by Crippen LogP contribution is 2.32. The Bertz CT molecular complexity index is 990. The number of likely N-dealkylation sites (tertiary alicyclic amines) is 1. The van der Waals surface area contributed by atoms with Crippen molar-refractivity contribution in [2.75, 3.05) is 25.0 Å². The third-order valence-electron chi connectivity index (χ3n) is 5.77. The van der Waals surface area contributed by atoms with Crippen molar-refractivity contribution in [3.05, 3.63) is 42.9 Å². The van der Waals surface area contributed by atoms with Gasteiger partial charge in [-0.25, -0.2) is 9.67 Å². The van der Waals surface area contributed by atoms with Gasteiger partial charge >= 0.3 is 0 Å². The maximum absolute atomic E-state index is 13.0. The first-order valence-corrected chi connectivity index (χ1v) is 10.2. The zero-order valence-corrected chi connectivity index (χ0v) is 17.3. The van der Waals surface area contributed by atoms with Crippen LogP contribution in [0.2, 0.25) is 0 Å². The van der Waals surface area contributed by atoms with Crippen LogP contribution in [0.3, 0.4) is 0 Å². The summed E-state index contributed by atoms with van der Waals surface area (Å²) in [6, 6.07) is 7.91. The molecule has 7 nitrogen and oxygen atoms in total. The molecule has 0 radical (unpaired) electrons. The Morgan fingerprint density at radius 1 is 1.21 bits per heavy atom. The predicted molar refractivity (Wildman–Crippen MR) is 114 cm³/mol. The summed E-state index contributed by atoms with van der Waals surface area (Å²) in [7, 11) is 0. The molecule has 1 amide bonds. The Kier molecular flexibility index (Phi) is 5.32. The third kappa shape index (κ3) is 4.29. The van der Waals surface area contributed by atoms with Gasteiger partial charge in [0.1, 0.15) is 5.82 Å². The fourth-order valence-corrected chi connectivity index (χ4v) is 3.92. The molecule has 1 fully saturated rings. The van der Waals surface area contributed by atoms with Crippen LogP contribution in [0.25, 0.3) is 16.5 Å². The van der Waals surface area contributed by atoms with E-state index in [0.29, 0.717) is 11.7 Å². The molecular weight excluding hydrogens is 364 g/mol. The van der Waals surface area contributed by atoms with Crippen molar-refractivity contribution in [1.82, 2.24) is 24.9 Å². The number of amides is 1. The highest BCUT2D eigenvalue weighted by molar-refractivity contribution is 5.96. The lowest BCUT2D eigenvalue weighted by molar-refractivity contribution is -0.127. The van der Waals surface area contributed by atoms with Crippen LogP contribution >= 0.6 is 0 Å². The number of fused-ring (bicyclic) bond motifs is 1. The number of piperidine rings is 1. The molecule has 4 rings (SSSR count). The van der Waals surface area contributed by atoms with Crippen LogP contribution in [0.1, 0.15) is 33.6 Å². The summed E-state index contributed by atoms with van der Waals surface area (Å²) >= 11 is 0. The molecule has 1 saturated heterocycles. The molecule has 0 bridgehead atoms. The fraction of sp³-hybridized carbons (Fsp3) is 0.455. The van der Waals surface area contributed by atoms with Crippen LogP contribution in [-0.4, -0.2) is 50.4 Å². The van der Waals surface area contributed by atoms with Crippen LogP contribution in [-0.2, 0) is 4.79 Å². The number of hydrogen-bond donors (Lipinski definition) is 1. The molecule has 1 N–H and O–H groups in total. The van der Waals surface area contributed by atoms with E-state index in [0.717, 1.165) is 48.9 Å². The highest BCUT2D eigenvalue weighted by Gasteiger charge is 2.37. The molecule has 1 aromatic carbocycles. The first kappa shape index (κ1) is 19.5. The van der Waals surface area contributed by atoms with Crippen LogP contribution < -0.4 is 5.32 Å². The Balaban J connectivity index is 1.48. The second-order valence-corrected chi connectivity index (χ2v) is 8.66. The first-order valence-electron chi connectivity index (χ1n) is 10.2. The molecule has 0 spiro atoms. The molecule has 0 saturated carbocycles. The van der Waals surface area contributed by atoms with E-state index in [1.807, 2.05) is 24.3 Å². The molecule has 0 unspecified atom stereocenters. The van der Waals surface area contributed by atoms with Gasteiger partial charge in [-0.15, -0.1) is 5.10 Å². The average molecular weight is 393 g/mol. The minimum atomic E-state index is -0.354. The van der Waals surface area contributed by atoms with E-state index in [2.05, 4.69) is 46.3 Å². The molecule has 29 heavy (non-hydrogen) atoms. The van der Waals surface area contributed by atoms with Gasteiger partial charge in [0.25, 0.3) is 0 Å². The molecule has 1 aliphatic heterocycles. The van der Waals surface area contributed by atoms with Crippen molar-refractivity contribution < 1.29 is 4.79 Å². The maximum Gasteiger partial charge on any atom is 0.231 e. The van der Waals surface area contributed by atoms with E-state index < -0.39 is 0 Å². The van der Waals surface area contributed by atoms with E-state index in [-0.39, 0.29) is 11.3 Å². The number of carbonyl (C=O) groups is 1. The van der Waals surface area contributed by atoms with Crippen molar-refractivity contribution in [1.29, 1.82) is 0 Å². The predicted octanol–water partition coefficient (Wildman–Crippen LogP) is 3.51. The molecule has 2 aromatic heterocycles. The summed E-state index contributed by atoms with van der Waals surface area (Å²) in [4.78, 5) is 19.9.